The van der Waals surface area contributed by atoms with Crippen molar-refractivity contribution >= 4 is 29.6 Å². The van der Waals surface area contributed by atoms with Crippen LogP contribution in [0, 0.1) is 0 Å². The molecular weight excluding hydrogens is 203 g/mol. The highest BCUT2D eigenvalue weighted by Gasteiger charge is 2.23. The molecule has 0 aliphatic carbocycles. The Hall–Kier alpha value is -0.190. The summed E-state index contributed by atoms with van der Waals surface area (Å²) in [7, 11) is 0. The average Bonchev–Trinajstić information content (AvgIpc) is 1.85. The van der Waals surface area contributed by atoms with Gasteiger partial charge in [0, 0.05) is 12.1 Å². The van der Waals surface area contributed by atoms with Crippen LogP contribution in [-0.2, 0) is 0 Å². The van der Waals surface area contributed by atoms with E-state index in [0.717, 1.165) is 3.94 Å². The molecule has 1 amide bonds. The maximum atomic E-state index is 10.1. The fraction of sp³-hybridized carbons (Fsp3) is 0.833. The Labute approximate surface area is 81.7 Å². The molecule has 2 N–H and O–H groups in total. The van der Waals surface area contributed by atoms with E-state index in [-0.39, 0.29) is 0 Å². The third-order valence-corrected chi connectivity index (χ3v) is 2.39. The van der Waals surface area contributed by atoms with Gasteiger partial charge in [-0.25, -0.2) is 4.79 Å². The number of hydrogen-bond donors (Lipinski definition) is 2. The second-order valence-corrected chi connectivity index (χ2v) is 3.88. The summed E-state index contributed by atoms with van der Waals surface area (Å²) in [6, 6.07) is 0. The van der Waals surface area contributed by atoms with Crippen LogP contribution in [0.5, 0.6) is 0 Å². The summed E-state index contributed by atoms with van der Waals surface area (Å²) in [6.45, 7) is 3.96. The van der Waals surface area contributed by atoms with Crippen LogP contribution < -0.4 is 5.32 Å². The summed E-state index contributed by atoms with van der Waals surface area (Å²) in [5, 5.41) is 10.5. The van der Waals surface area contributed by atoms with Gasteiger partial charge in [-0.3, -0.25) is 0 Å². The van der Waals surface area contributed by atoms with Gasteiger partial charge in [0.1, 0.15) is 0 Å². The Morgan fingerprint density at radius 1 is 1.58 bits per heavy atom. The Kier molecular flexibility index (Phi) is 4.67. The summed E-state index contributed by atoms with van der Waals surface area (Å²) < 4.78 is 1.02. The van der Waals surface area contributed by atoms with Crippen LogP contribution in [0.3, 0.4) is 0 Å². The van der Waals surface area contributed by atoms with E-state index in [2.05, 4.69) is 5.32 Å². The number of amides is 1. The first-order valence-electron chi connectivity index (χ1n) is 3.45. The van der Waals surface area contributed by atoms with Gasteiger partial charge in [-0.15, -0.1) is 3.94 Å². The monoisotopic (exact) mass is 214 g/mol. The summed E-state index contributed by atoms with van der Waals surface area (Å²) in [6.07, 6.45) is -0.492. The van der Waals surface area contributed by atoms with Crippen LogP contribution in [0.25, 0.3) is 0 Å². The summed E-state index contributed by atoms with van der Waals surface area (Å²) >= 11 is 11.0. The van der Waals surface area contributed by atoms with E-state index in [4.69, 9.17) is 28.7 Å². The molecule has 0 aromatic heterocycles. The first-order chi connectivity index (χ1) is 5.36. The molecule has 0 aliphatic rings. The zero-order chi connectivity index (χ0) is 9.78. The first kappa shape index (κ1) is 11.8. The van der Waals surface area contributed by atoms with Crippen LogP contribution in [-0.4, -0.2) is 27.2 Å². The number of halogens is 2. The lowest BCUT2D eigenvalue weighted by atomic mass is 10.0. The molecule has 72 valence electrons. The van der Waals surface area contributed by atoms with Gasteiger partial charge in [-0.2, -0.15) is 0 Å². The third-order valence-electron chi connectivity index (χ3n) is 1.47. The van der Waals surface area contributed by atoms with Gasteiger partial charge in [-0.05, 0) is 43.8 Å². The third kappa shape index (κ3) is 4.64. The van der Waals surface area contributed by atoms with Crippen molar-refractivity contribution in [3.63, 3.8) is 0 Å². The Bertz CT molecular complexity index is 162. The minimum atomic E-state index is -1.04. The second-order valence-electron chi connectivity index (χ2n) is 3.03. The van der Waals surface area contributed by atoms with Crippen LogP contribution in [0.15, 0.2) is 0 Å². The standard InChI is InChI=1S/C6H12Cl2N2O2/c1-6(2,10(7)8)3-4-9-5(11)12/h9H,3-4H2,1-2H3,(H,11,12). The van der Waals surface area contributed by atoms with E-state index in [1.807, 2.05) is 13.8 Å². The molecule has 0 spiro atoms. The topological polar surface area (TPSA) is 52.6 Å². The van der Waals surface area contributed by atoms with Crippen molar-refractivity contribution in [1.82, 2.24) is 9.25 Å². The Balaban J connectivity index is 3.69. The second kappa shape index (κ2) is 4.74. The van der Waals surface area contributed by atoms with Gasteiger partial charge < -0.3 is 10.4 Å². The van der Waals surface area contributed by atoms with Crippen molar-refractivity contribution in [1.29, 1.82) is 0 Å². The van der Waals surface area contributed by atoms with Crippen molar-refractivity contribution in [2.24, 2.45) is 0 Å². The fourth-order valence-electron chi connectivity index (χ4n) is 0.560. The zero-order valence-corrected chi connectivity index (χ0v) is 8.48. The number of rotatable bonds is 4. The van der Waals surface area contributed by atoms with Gasteiger partial charge >= 0.3 is 6.09 Å². The molecule has 0 fully saturated rings. The van der Waals surface area contributed by atoms with Gasteiger partial charge in [-0.1, -0.05) is 0 Å². The van der Waals surface area contributed by atoms with Crippen molar-refractivity contribution < 1.29 is 9.90 Å². The van der Waals surface area contributed by atoms with Crippen molar-refractivity contribution in [2.45, 2.75) is 25.8 Å². The number of hydrogen-bond acceptors (Lipinski definition) is 2. The largest absolute Gasteiger partial charge is 0.465 e. The number of carboxylic acid groups (broad SMARTS) is 1. The molecule has 0 rings (SSSR count). The molecule has 4 nitrogen and oxygen atoms in total. The molecule has 0 unspecified atom stereocenters. The highest BCUT2D eigenvalue weighted by molar-refractivity contribution is 6.34. The van der Waals surface area contributed by atoms with Gasteiger partial charge in [0.05, 0.1) is 0 Å². The molecule has 0 atom stereocenters. The number of nitrogens with one attached hydrogen (secondary N) is 1. The molecule has 0 aromatic rings. The maximum Gasteiger partial charge on any atom is 0.404 e. The lowest BCUT2D eigenvalue weighted by Crippen LogP contribution is -2.36. The van der Waals surface area contributed by atoms with Crippen LogP contribution >= 0.6 is 23.6 Å². The predicted octanol–water partition coefficient (Wildman–Crippen LogP) is 2.03. The SMILES string of the molecule is CC(C)(CCNC(=O)O)N(Cl)Cl. The molecule has 0 radical (unpaired) electrons. The minimum Gasteiger partial charge on any atom is -0.465 e. The number of carbonyl (C=O) groups is 1. The quantitative estimate of drug-likeness (QED) is 0.705. The van der Waals surface area contributed by atoms with Gasteiger partial charge in [0.25, 0.3) is 0 Å². The zero-order valence-electron chi connectivity index (χ0n) is 6.97. The lowest BCUT2D eigenvalue weighted by Gasteiger charge is -2.26. The highest BCUT2D eigenvalue weighted by atomic mass is 35.5. The molecule has 0 aromatic carbocycles. The molecule has 0 aliphatic heterocycles. The molecule has 6 heteroatoms. The van der Waals surface area contributed by atoms with Crippen LogP contribution in [0.1, 0.15) is 20.3 Å². The predicted molar refractivity (Wildman–Crippen MR) is 48.3 cm³/mol. The van der Waals surface area contributed by atoms with Gasteiger partial charge in [0.2, 0.25) is 0 Å². The Morgan fingerprint density at radius 2 is 2.08 bits per heavy atom. The molecule has 0 heterocycles. The van der Waals surface area contributed by atoms with E-state index >= 15 is 0 Å². The molecule has 12 heavy (non-hydrogen) atoms. The first-order valence-corrected chi connectivity index (χ1v) is 4.12. The summed E-state index contributed by atoms with van der Waals surface area (Å²) in [4.78, 5) is 10.1. The maximum absolute atomic E-state index is 10.1. The summed E-state index contributed by atoms with van der Waals surface area (Å²) in [5.74, 6) is 0. The van der Waals surface area contributed by atoms with E-state index < -0.39 is 11.6 Å². The Morgan fingerprint density at radius 3 is 2.42 bits per heavy atom. The van der Waals surface area contributed by atoms with Crippen molar-refractivity contribution in [3.8, 4) is 0 Å². The number of nitrogens with zero attached hydrogens (tertiary/aromatic N) is 1. The average molecular weight is 215 g/mol. The van der Waals surface area contributed by atoms with Crippen LogP contribution in [0.4, 0.5) is 4.79 Å². The van der Waals surface area contributed by atoms with Crippen LogP contribution in [0.2, 0.25) is 0 Å². The van der Waals surface area contributed by atoms with E-state index in [1.165, 1.54) is 0 Å². The van der Waals surface area contributed by atoms with Gasteiger partial charge in [0.15, 0.2) is 0 Å². The highest BCUT2D eigenvalue weighted by Crippen LogP contribution is 2.22. The van der Waals surface area contributed by atoms with E-state index in [9.17, 15) is 4.79 Å². The molecule has 0 bridgehead atoms. The minimum absolute atomic E-state index is 0.332. The normalized spacial score (nSPS) is 11.8. The molecular formula is C6H12Cl2N2O2. The lowest BCUT2D eigenvalue weighted by molar-refractivity contribution is 0.192. The molecule has 0 saturated heterocycles. The summed E-state index contributed by atoms with van der Waals surface area (Å²) in [5.41, 5.74) is -0.425. The van der Waals surface area contributed by atoms with E-state index in [0.29, 0.717) is 13.0 Å². The smallest absolute Gasteiger partial charge is 0.404 e. The van der Waals surface area contributed by atoms with E-state index in [1.54, 1.807) is 0 Å². The molecule has 0 saturated carbocycles. The van der Waals surface area contributed by atoms with Crippen molar-refractivity contribution in [3.05, 3.63) is 0 Å². The van der Waals surface area contributed by atoms with Crippen molar-refractivity contribution in [2.75, 3.05) is 6.54 Å². The fourth-order valence-corrected chi connectivity index (χ4v) is 0.729.